The van der Waals surface area contributed by atoms with Gasteiger partial charge in [0.2, 0.25) is 0 Å². The highest BCUT2D eigenvalue weighted by atomic mass is 32.1. The van der Waals surface area contributed by atoms with Crippen molar-refractivity contribution >= 4 is 34.7 Å². The second kappa shape index (κ2) is 8.19. The number of furan rings is 1. The normalized spacial score (nSPS) is 10.4. The second-order valence-corrected chi connectivity index (χ2v) is 6.91. The van der Waals surface area contributed by atoms with E-state index in [0.29, 0.717) is 17.0 Å². The van der Waals surface area contributed by atoms with E-state index in [2.05, 4.69) is 10.6 Å². The Bertz CT molecular complexity index is 1050. The highest BCUT2D eigenvalue weighted by Crippen LogP contribution is 2.24. The SMILES string of the molecule is CC(=O)c1ccc(NC(=S)NC(=O)c2ccc(-c3ccc(C)c(C)c3)o2)cc1. The Labute approximate surface area is 168 Å². The summed E-state index contributed by atoms with van der Waals surface area (Å²) >= 11 is 5.18. The number of hydrogen-bond acceptors (Lipinski definition) is 4. The van der Waals surface area contributed by atoms with Crippen LogP contribution in [0.3, 0.4) is 0 Å². The zero-order valence-electron chi connectivity index (χ0n) is 15.8. The number of amides is 1. The van der Waals surface area contributed by atoms with Crippen LogP contribution in [0.15, 0.2) is 59.0 Å². The van der Waals surface area contributed by atoms with E-state index < -0.39 is 5.91 Å². The molecule has 3 aromatic rings. The predicted molar refractivity (Wildman–Crippen MR) is 114 cm³/mol. The molecule has 142 valence electrons. The molecule has 6 heteroatoms. The van der Waals surface area contributed by atoms with Crippen LogP contribution in [0.5, 0.6) is 0 Å². The lowest BCUT2D eigenvalue weighted by Gasteiger charge is -2.09. The lowest BCUT2D eigenvalue weighted by atomic mass is 10.1. The molecule has 1 aromatic heterocycles. The minimum atomic E-state index is -0.437. The van der Waals surface area contributed by atoms with Gasteiger partial charge in [0, 0.05) is 16.8 Å². The molecule has 0 spiro atoms. The minimum Gasteiger partial charge on any atom is -0.451 e. The molecule has 28 heavy (non-hydrogen) atoms. The van der Waals surface area contributed by atoms with E-state index in [4.69, 9.17) is 16.6 Å². The van der Waals surface area contributed by atoms with Gasteiger partial charge in [0.1, 0.15) is 5.76 Å². The van der Waals surface area contributed by atoms with Crippen molar-refractivity contribution in [2.45, 2.75) is 20.8 Å². The summed E-state index contributed by atoms with van der Waals surface area (Å²) in [6, 6.07) is 16.2. The number of rotatable bonds is 4. The smallest absolute Gasteiger partial charge is 0.293 e. The average Bonchev–Trinajstić information content (AvgIpc) is 3.14. The van der Waals surface area contributed by atoms with Crippen LogP contribution >= 0.6 is 12.2 Å². The molecule has 3 rings (SSSR count). The molecular formula is C22H20N2O3S. The van der Waals surface area contributed by atoms with Gasteiger partial charge in [-0.05, 0) is 86.6 Å². The first-order valence-electron chi connectivity index (χ1n) is 8.74. The molecule has 1 heterocycles. The van der Waals surface area contributed by atoms with E-state index in [0.717, 1.165) is 11.1 Å². The second-order valence-electron chi connectivity index (χ2n) is 6.50. The number of anilines is 1. The number of ketones is 1. The molecular weight excluding hydrogens is 372 g/mol. The minimum absolute atomic E-state index is 0.0141. The van der Waals surface area contributed by atoms with Crippen molar-refractivity contribution < 1.29 is 14.0 Å². The fraction of sp³-hybridized carbons (Fsp3) is 0.136. The first-order valence-corrected chi connectivity index (χ1v) is 9.15. The van der Waals surface area contributed by atoms with Gasteiger partial charge in [-0.25, -0.2) is 0 Å². The van der Waals surface area contributed by atoms with Crippen LogP contribution in [0.25, 0.3) is 11.3 Å². The highest BCUT2D eigenvalue weighted by Gasteiger charge is 2.14. The first kappa shape index (κ1) is 19.5. The van der Waals surface area contributed by atoms with Crippen molar-refractivity contribution in [2.75, 3.05) is 5.32 Å². The summed E-state index contributed by atoms with van der Waals surface area (Å²) in [6.07, 6.45) is 0. The van der Waals surface area contributed by atoms with E-state index >= 15 is 0 Å². The van der Waals surface area contributed by atoms with Crippen LogP contribution in [0.1, 0.15) is 39.0 Å². The number of nitrogens with one attached hydrogen (secondary N) is 2. The molecule has 2 aromatic carbocycles. The largest absolute Gasteiger partial charge is 0.451 e. The Kier molecular flexibility index (Phi) is 5.70. The van der Waals surface area contributed by atoms with Crippen molar-refractivity contribution in [3.05, 3.63) is 77.0 Å². The molecule has 2 N–H and O–H groups in total. The van der Waals surface area contributed by atoms with Crippen LogP contribution in [0, 0.1) is 13.8 Å². The van der Waals surface area contributed by atoms with E-state index in [1.165, 1.54) is 12.5 Å². The van der Waals surface area contributed by atoms with Crippen LogP contribution in [0.2, 0.25) is 0 Å². The van der Waals surface area contributed by atoms with Gasteiger partial charge in [0.15, 0.2) is 16.7 Å². The van der Waals surface area contributed by atoms with Crippen molar-refractivity contribution in [1.82, 2.24) is 5.32 Å². The summed E-state index contributed by atoms with van der Waals surface area (Å²) in [5.74, 6) is 0.337. The average molecular weight is 392 g/mol. The summed E-state index contributed by atoms with van der Waals surface area (Å²) in [7, 11) is 0. The van der Waals surface area contributed by atoms with Gasteiger partial charge in [-0.2, -0.15) is 0 Å². The molecule has 0 saturated carbocycles. The van der Waals surface area contributed by atoms with Crippen molar-refractivity contribution in [2.24, 2.45) is 0 Å². The number of benzene rings is 2. The number of carbonyl (C=O) groups is 2. The fourth-order valence-electron chi connectivity index (χ4n) is 2.63. The molecule has 0 aliphatic carbocycles. The fourth-order valence-corrected chi connectivity index (χ4v) is 2.84. The van der Waals surface area contributed by atoms with E-state index in [1.807, 2.05) is 32.0 Å². The van der Waals surface area contributed by atoms with Crippen LogP contribution in [-0.2, 0) is 0 Å². The lowest BCUT2D eigenvalue weighted by molar-refractivity contribution is 0.0950. The maximum atomic E-state index is 12.4. The number of thiocarbonyl (C=S) groups is 1. The third kappa shape index (κ3) is 4.53. The number of hydrogen-bond donors (Lipinski definition) is 2. The van der Waals surface area contributed by atoms with Gasteiger partial charge in [-0.1, -0.05) is 12.1 Å². The topological polar surface area (TPSA) is 71.3 Å². The van der Waals surface area contributed by atoms with Gasteiger partial charge < -0.3 is 9.73 Å². The Morgan fingerprint density at radius 3 is 2.29 bits per heavy atom. The van der Waals surface area contributed by atoms with Crippen LogP contribution < -0.4 is 10.6 Å². The predicted octanol–water partition coefficient (Wildman–Crippen LogP) is 4.89. The summed E-state index contributed by atoms with van der Waals surface area (Å²) in [5, 5.41) is 5.64. The summed E-state index contributed by atoms with van der Waals surface area (Å²) in [4.78, 5) is 23.7. The van der Waals surface area contributed by atoms with E-state index in [9.17, 15) is 9.59 Å². The monoisotopic (exact) mass is 392 g/mol. The Hall–Kier alpha value is -3.25. The molecule has 0 fully saturated rings. The molecule has 0 atom stereocenters. The van der Waals surface area contributed by atoms with Gasteiger partial charge >= 0.3 is 0 Å². The third-order valence-electron chi connectivity index (χ3n) is 4.40. The zero-order valence-corrected chi connectivity index (χ0v) is 16.6. The van der Waals surface area contributed by atoms with Crippen molar-refractivity contribution in [3.8, 4) is 11.3 Å². The molecule has 0 bridgehead atoms. The Morgan fingerprint density at radius 2 is 1.64 bits per heavy atom. The van der Waals surface area contributed by atoms with Gasteiger partial charge in [-0.3, -0.25) is 14.9 Å². The van der Waals surface area contributed by atoms with Crippen LogP contribution in [-0.4, -0.2) is 16.8 Å². The molecule has 0 unspecified atom stereocenters. The Balaban J connectivity index is 1.64. The van der Waals surface area contributed by atoms with Crippen LogP contribution in [0.4, 0.5) is 5.69 Å². The van der Waals surface area contributed by atoms with Gasteiger partial charge in [0.25, 0.3) is 5.91 Å². The quantitative estimate of drug-likeness (QED) is 0.488. The molecule has 0 saturated heterocycles. The number of Topliss-reactive ketones (excluding diaryl/α,β-unsaturated/α-hetero) is 1. The van der Waals surface area contributed by atoms with Gasteiger partial charge in [0.05, 0.1) is 0 Å². The third-order valence-corrected chi connectivity index (χ3v) is 4.60. The maximum absolute atomic E-state index is 12.4. The number of carbonyl (C=O) groups excluding carboxylic acids is 2. The maximum Gasteiger partial charge on any atom is 0.293 e. The molecule has 1 amide bonds. The van der Waals surface area contributed by atoms with E-state index in [-0.39, 0.29) is 16.7 Å². The molecule has 0 radical (unpaired) electrons. The molecule has 0 aliphatic rings. The molecule has 5 nitrogen and oxygen atoms in total. The van der Waals surface area contributed by atoms with Crippen molar-refractivity contribution in [1.29, 1.82) is 0 Å². The summed E-state index contributed by atoms with van der Waals surface area (Å²) in [5.41, 5.74) is 4.54. The Morgan fingerprint density at radius 1 is 0.929 bits per heavy atom. The zero-order chi connectivity index (χ0) is 20.3. The standard InChI is InChI=1S/C22H20N2O3S/c1-13-4-5-17(12-14(13)2)19-10-11-20(27-19)21(26)24-22(28)23-18-8-6-16(7-9-18)15(3)25/h4-12H,1-3H3,(H2,23,24,26,28). The van der Waals surface area contributed by atoms with Crippen molar-refractivity contribution in [3.63, 3.8) is 0 Å². The van der Waals surface area contributed by atoms with Gasteiger partial charge in [-0.15, -0.1) is 0 Å². The lowest BCUT2D eigenvalue weighted by Crippen LogP contribution is -2.33. The highest BCUT2D eigenvalue weighted by molar-refractivity contribution is 7.80. The summed E-state index contributed by atoms with van der Waals surface area (Å²) in [6.45, 7) is 5.58. The number of aryl methyl sites for hydroxylation is 2. The molecule has 0 aliphatic heterocycles. The van der Waals surface area contributed by atoms with E-state index in [1.54, 1.807) is 36.4 Å². The first-order chi connectivity index (χ1) is 13.3. The summed E-state index contributed by atoms with van der Waals surface area (Å²) < 4.78 is 5.68.